The molecule has 2 aliphatic heterocycles. The van der Waals surface area contributed by atoms with E-state index in [0.29, 0.717) is 5.56 Å². The van der Waals surface area contributed by atoms with Gasteiger partial charge in [0.15, 0.2) is 0 Å². The minimum absolute atomic E-state index is 0.604. The second-order valence-electron chi connectivity index (χ2n) is 6.87. The molecule has 4 heterocycles. The van der Waals surface area contributed by atoms with E-state index < -0.39 is 0 Å². The van der Waals surface area contributed by atoms with Gasteiger partial charge in [-0.25, -0.2) is 9.97 Å². The van der Waals surface area contributed by atoms with E-state index in [4.69, 9.17) is 4.98 Å². The first-order valence-corrected chi connectivity index (χ1v) is 10.2. The molecule has 140 valence electrons. The molecule has 0 saturated carbocycles. The Morgan fingerprint density at radius 3 is 2.41 bits per heavy atom. The zero-order valence-electron chi connectivity index (χ0n) is 15.2. The number of rotatable bonds is 3. The topological polar surface area (TPSA) is 72.2 Å². The van der Waals surface area contributed by atoms with Gasteiger partial charge < -0.3 is 14.7 Å². The first kappa shape index (κ1) is 18.0. The molecule has 0 atom stereocenters. The number of aromatic nitrogens is 3. The first-order valence-electron chi connectivity index (χ1n) is 9.38. The van der Waals surface area contributed by atoms with Crippen molar-refractivity contribution < 1.29 is 0 Å². The van der Waals surface area contributed by atoms with Crippen molar-refractivity contribution in [3.63, 3.8) is 0 Å². The predicted molar refractivity (Wildman–Crippen MR) is 109 cm³/mol. The third kappa shape index (κ3) is 3.98. The van der Waals surface area contributed by atoms with Crippen molar-refractivity contribution in [2.75, 3.05) is 54.0 Å². The molecule has 2 aromatic heterocycles. The quantitative estimate of drug-likeness (QED) is 0.745. The van der Waals surface area contributed by atoms with Crippen LogP contribution in [-0.2, 0) is 0 Å². The van der Waals surface area contributed by atoms with Crippen LogP contribution in [0.3, 0.4) is 0 Å². The average molecular weight is 428 g/mol. The number of nitrogens with zero attached hydrogens (tertiary/aromatic N) is 7. The molecule has 7 nitrogen and oxygen atoms in total. The van der Waals surface area contributed by atoms with E-state index in [1.165, 1.54) is 19.3 Å². The average Bonchev–Trinajstić information content (AvgIpc) is 2.74. The van der Waals surface area contributed by atoms with Crippen LogP contribution in [0.25, 0.3) is 0 Å². The maximum Gasteiger partial charge on any atom is 0.227 e. The number of piperazine rings is 1. The number of pyridine rings is 1. The number of hydrogen-bond donors (Lipinski definition) is 0. The summed E-state index contributed by atoms with van der Waals surface area (Å²) in [5.74, 6) is 2.59. The number of halogens is 1. The number of piperidine rings is 1. The summed E-state index contributed by atoms with van der Waals surface area (Å²) in [6, 6.07) is 6.06. The normalized spacial score (nSPS) is 17.7. The Bertz CT molecular complexity index is 836. The first-order chi connectivity index (χ1) is 13.2. The molecule has 0 spiro atoms. The lowest BCUT2D eigenvalue weighted by atomic mass is 10.1. The Hall–Kier alpha value is -2.40. The molecule has 27 heavy (non-hydrogen) atoms. The van der Waals surface area contributed by atoms with E-state index >= 15 is 0 Å². The molecule has 0 amide bonds. The fourth-order valence-electron chi connectivity index (χ4n) is 3.68. The summed E-state index contributed by atoms with van der Waals surface area (Å²) in [5, 5.41) is 9.39. The zero-order valence-corrected chi connectivity index (χ0v) is 16.8. The number of hydrogen-bond acceptors (Lipinski definition) is 7. The van der Waals surface area contributed by atoms with E-state index in [2.05, 4.69) is 46.7 Å². The lowest BCUT2D eigenvalue weighted by Gasteiger charge is -2.36. The summed E-state index contributed by atoms with van der Waals surface area (Å²) in [4.78, 5) is 20.5. The van der Waals surface area contributed by atoms with Crippen LogP contribution in [0, 0.1) is 11.3 Å². The van der Waals surface area contributed by atoms with Gasteiger partial charge in [-0.2, -0.15) is 10.2 Å². The van der Waals surface area contributed by atoms with Crippen molar-refractivity contribution in [2.45, 2.75) is 19.3 Å². The molecule has 0 aliphatic carbocycles. The van der Waals surface area contributed by atoms with Crippen LogP contribution in [0.2, 0.25) is 0 Å². The molecule has 2 aromatic rings. The summed E-state index contributed by atoms with van der Waals surface area (Å²) >= 11 is 3.38. The summed E-state index contributed by atoms with van der Waals surface area (Å²) in [6.45, 7) is 5.41. The van der Waals surface area contributed by atoms with Crippen LogP contribution in [-0.4, -0.2) is 54.2 Å². The fraction of sp³-hybridized carbons (Fsp3) is 0.474. The highest BCUT2D eigenvalue weighted by atomic mass is 79.9. The maximum atomic E-state index is 9.39. The molecule has 0 N–H and O–H groups in total. The molecule has 2 aliphatic rings. The Balaban J connectivity index is 1.44. The molecule has 0 aromatic carbocycles. The van der Waals surface area contributed by atoms with E-state index in [-0.39, 0.29) is 0 Å². The van der Waals surface area contributed by atoms with Crippen LogP contribution < -0.4 is 14.7 Å². The van der Waals surface area contributed by atoms with E-state index in [0.717, 1.165) is 61.3 Å². The van der Waals surface area contributed by atoms with Gasteiger partial charge in [-0.3, -0.25) is 0 Å². The van der Waals surface area contributed by atoms with E-state index in [1.54, 1.807) is 6.20 Å². The maximum absolute atomic E-state index is 9.39. The van der Waals surface area contributed by atoms with E-state index in [1.807, 2.05) is 18.3 Å². The van der Waals surface area contributed by atoms with Crippen molar-refractivity contribution >= 4 is 33.5 Å². The Morgan fingerprint density at radius 2 is 1.67 bits per heavy atom. The molecule has 2 saturated heterocycles. The molecule has 0 radical (unpaired) electrons. The van der Waals surface area contributed by atoms with Crippen molar-refractivity contribution in [3.8, 4) is 6.07 Å². The second kappa shape index (κ2) is 8.09. The third-order valence-electron chi connectivity index (χ3n) is 5.12. The Morgan fingerprint density at radius 1 is 0.926 bits per heavy atom. The molecular formula is C19H22BrN7. The van der Waals surface area contributed by atoms with Gasteiger partial charge in [-0.1, -0.05) is 0 Å². The van der Waals surface area contributed by atoms with Gasteiger partial charge in [0.25, 0.3) is 0 Å². The summed E-state index contributed by atoms with van der Waals surface area (Å²) in [6.07, 6.45) is 7.34. The molecular weight excluding hydrogens is 406 g/mol. The van der Waals surface area contributed by atoms with Gasteiger partial charge in [0.2, 0.25) is 5.95 Å². The van der Waals surface area contributed by atoms with Gasteiger partial charge in [0, 0.05) is 56.1 Å². The predicted octanol–water partition coefficient (Wildman–Crippen LogP) is 2.82. The summed E-state index contributed by atoms with van der Waals surface area (Å²) in [5.41, 5.74) is 0.604. The molecule has 0 bridgehead atoms. The molecule has 2 fully saturated rings. The Kier molecular flexibility index (Phi) is 5.39. The SMILES string of the molecule is N#Cc1cc(Br)cnc1N1CCN(c2ccnc(N3CCCCC3)n2)CC1. The third-order valence-corrected chi connectivity index (χ3v) is 5.56. The van der Waals surface area contributed by atoms with Crippen molar-refractivity contribution in [3.05, 3.63) is 34.6 Å². The molecule has 0 unspecified atom stereocenters. The second-order valence-corrected chi connectivity index (χ2v) is 7.79. The van der Waals surface area contributed by atoms with Crippen LogP contribution >= 0.6 is 15.9 Å². The monoisotopic (exact) mass is 427 g/mol. The minimum atomic E-state index is 0.604. The van der Waals surface area contributed by atoms with Crippen LogP contribution in [0.4, 0.5) is 17.6 Å². The number of anilines is 3. The van der Waals surface area contributed by atoms with Crippen molar-refractivity contribution in [1.82, 2.24) is 15.0 Å². The minimum Gasteiger partial charge on any atom is -0.353 e. The fourth-order valence-corrected chi connectivity index (χ4v) is 4.01. The Labute approximate surface area is 167 Å². The van der Waals surface area contributed by atoms with Crippen molar-refractivity contribution in [1.29, 1.82) is 5.26 Å². The molecule has 4 rings (SSSR count). The van der Waals surface area contributed by atoms with Crippen LogP contribution in [0.15, 0.2) is 29.0 Å². The van der Waals surface area contributed by atoms with Crippen LogP contribution in [0.1, 0.15) is 24.8 Å². The van der Waals surface area contributed by atoms with Gasteiger partial charge >= 0.3 is 0 Å². The lowest BCUT2D eigenvalue weighted by molar-refractivity contribution is 0.567. The lowest BCUT2D eigenvalue weighted by Crippen LogP contribution is -2.47. The highest BCUT2D eigenvalue weighted by Gasteiger charge is 2.22. The van der Waals surface area contributed by atoms with Crippen molar-refractivity contribution in [2.24, 2.45) is 0 Å². The molecule has 8 heteroatoms. The zero-order chi connectivity index (χ0) is 18.6. The smallest absolute Gasteiger partial charge is 0.227 e. The standard InChI is InChI=1S/C19H22BrN7/c20-16-12-15(13-21)18(23-14-16)26-10-8-25(9-11-26)17-4-5-22-19(24-17)27-6-2-1-3-7-27/h4-5,12,14H,1-3,6-11H2. The van der Waals surface area contributed by atoms with Crippen LogP contribution in [0.5, 0.6) is 0 Å². The largest absolute Gasteiger partial charge is 0.353 e. The number of nitriles is 1. The summed E-state index contributed by atoms with van der Waals surface area (Å²) < 4.78 is 0.827. The highest BCUT2D eigenvalue weighted by molar-refractivity contribution is 9.10. The summed E-state index contributed by atoms with van der Waals surface area (Å²) in [7, 11) is 0. The van der Waals surface area contributed by atoms with Gasteiger partial charge in [-0.15, -0.1) is 0 Å². The van der Waals surface area contributed by atoms with Gasteiger partial charge in [-0.05, 0) is 47.3 Å². The van der Waals surface area contributed by atoms with Gasteiger partial charge in [0.05, 0.1) is 5.56 Å². The van der Waals surface area contributed by atoms with E-state index in [9.17, 15) is 5.26 Å². The van der Waals surface area contributed by atoms with Gasteiger partial charge in [0.1, 0.15) is 17.7 Å². The highest BCUT2D eigenvalue weighted by Crippen LogP contribution is 2.24.